The number of anilines is 3. The Kier molecular flexibility index (Phi) is 6.45. The molecule has 0 atom stereocenters. The molecule has 1 heterocycles. The van der Waals surface area contributed by atoms with Crippen molar-refractivity contribution in [2.45, 2.75) is 19.8 Å². The molecule has 0 saturated heterocycles. The molecule has 0 aliphatic heterocycles. The lowest BCUT2D eigenvalue weighted by Gasteiger charge is -2.08. The Morgan fingerprint density at radius 2 is 1.89 bits per heavy atom. The second-order valence-electron chi connectivity index (χ2n) is 6.48. The van der Waals surface area contributed by atoms with Crippen molar-refractivity contribution >= 4 is 35.0 Å². The van der Waals surface area contributed by atoms with E-state index in [9.17, 15) is 4.79 Å². The first-order chi connectivity index (χ1) is 13.5. The van der Waals surface area contributed by atoms with Gasteiger partial charge in [0.25, 0.3) is 5.91 Å². The molecular weight excluding hydrogens is 374 g/mol. The third-order valence-electron chi connectivity index (χ3n) is 4.15. The number of aryl methyl sites for hydroxylation is 2. The molecule has 0 fully saturated rings. The number of benzene rings is 2. The summed E-state index contributed by atoms with van der Waals surface area (Å²) in [6, 6.07) is 17.0. The molecule has 28 heavy (non-hydrogen) atoms. The van der Waals surface area contributed by atoms with Gasteiger partial charge in [0.05, 0.1) is 0 Å². The summed E-state index contributed by atoms with van der Waals surface area (Å²) in [7, 11) is 0. The molecule has 4 N–H and O–H groups in total. The number of nitrogens with two attached hydrogens (primary N) is 1. The molecule has 0 unspecified atom stereocenters. The van der Waals surface area contributed by atoms with E-state index in [1.165, 1.54) is 0 Å². The van der Waals surface area contributed by atoms with Crippen molar-refractivity contribution < 1.29 is 4.79 Å². The lowest BCUT2D eigenvalue weighted by molar-refractivity contribution is 0.102. The minimum absolute atomic E-state index is 0.114. The Balaban J connectivity index is 1.48. The van der Waals surface area contributed by atoms with Crippen molar-refractivity contribution in [1.82, 2.24) is 9.97 Å². The summed E-state index contributed by atoms with van der Waals surface area (Å²) in [5.41, 5.74) is 9.27. The predicted molar refractivity (Wildman–Crippen MR) is 114 cm³/mol. The van der Waals surface area contributed by atoms with E-state index in [0.717, 1.165) is 36.2 Å². The third-order valence-corrected chi connectivity index (χ3v) is 4.35. The quantitative estimate of drug-likeness (QED) is 0.409. The van der Waals surface area contributed by atoms with E-state index in [-0.39, 0.29) is 11.9 Å². The van der Waals surface area contributed by atoms with Gasteiger partial charge < -0.3 is 16.4 Å². The average Bonchev–Trinajstić information content (AvgIpc) is 2.65. The van der Waals surface area contributed by atoms with Gasteiger partial charge in [-0.3, -0.25) is 4.79 Å². The topological polar surface area (TPSA) is 92.9 Å². The second kappa shape index (κ2) is 9.19. The number of hydrogen-bond acceptors (Lipinski definition) is 5. The van der Waals surface area contributed by atoms with Crippen LogP contribution in [0.4, 0.5) is 17.5 Å². The van der Waals surface area contributed by atoms with Gasteiger partial charge in [0.1, 0.15) is 11.0 Å². The fraction of sp³-hybridized carbons (Fsp3) is 0.190. The van der Waals surface area contributed by atoms with E-state index >= 15 is 0 Å². The Morgan fingerprint density at radius 3 is 2.61 bits per heavy atom. The number of halogens is 1. The summed E-state index contributed by atoms with van der Waals surface area (Å²) < 4.78 is 0. The van der Waals surface area contributed by atoms with E-state index in [1.54, 1.807) is 6.07 Å². The fourth-order valence-electron chi connectivity index (χ4n) is 2.78. The SMILES string of the molecule is Cc1cccc(NC(=O)c2ccc(CCCNc3cc(Cl)nc(N)n3)cc2)c1. The Morgan fingerprint density at radius 1 is 1.11 bits per heavy atom. The van der Waals surface area contributed by atoms with Crippen LogP contribution in [0.15, 0.2) is 54.6 Å². The van der Waals surface area contributed by atoms with Crippen LogP contribution in [0.2, 0.25) is 5.15 Å². The monoisotopic (exact) mass is 395 g/mol. The molecule has 0 saturated carbocycles. The largest absolute Gasteiger partial charge is 0.370 e. The minimum Gasteiger partial charge on any atom is -0.370 e. The van der Waals surface area contributed by atoms with Gasteiger partial charge in [-0.25, -0.2) is 4.98 Å². The lowest BCUT2D eigenvalue weighted by Crippen LogP contribution is -2.12. The molecule has 0 radical (unpaired) electrons. The van der Waals surface area contributed by atoms with Crippen LogP contribution in [0.5, 0.6) is 0 Å². The molecule has 0 aliphatic rings. The van der Waals surface area contributed by atoms with Gasteiger partial charge in [0, 0.05) is 23.9 Å². The molecule has 2 aromatic carbocycles. The average molecular weight is 396 g/mol. The highest BCUT2D eigenvalue weighted by atomic mass is 35.5. The van der Waals surface area contributed by atoms with Crippen molar-refractivity contribution in [2.75, 3.05) is 22.9 Å². The fourth-order valence-corrected chi connectivity index (χ4v) is 2.97. The molecule has 0 bridgehead atoms. The Bertz CT molecular complexity index is 939. The van der Waals surface area contributed by atoms with E-state index in [2.05, 4.69) is 20.6 Å². The van der Waals surface area contributed by atoms with Crippen LogP contribution in [0, 0.1) is 6.92 Å². The maximum absolute atomic E-state index is 12.4. The smallest absolute Gasteiger partial charge is 0.255 e. The van der Waals surface area contributed by atoms with Crippen molar-refractivity contribution in [2.24, 2.45) is 0 Å². The molecule has 1 aromatic heterocycles. The van der Waals surface area contributed by atoms with Gasteiger partial charge in [0.2, 0.25) is 5.95 Å². The summed E-state index contributed by atoms with van der Waals surface area (Å²) in [4.78, 5) is 20.3. The number of rotatable bonds is 7. The zero-order valence-electron chi connectivity index (χ0n) is 15.6. The molecular formula is C21H22ClN5O. The Labute approximate surface area is 169 Å². The van der Waals surface area contributed by atoms with Gasteiger partial charge in [-0.05, 0) is 55.2 Å². The number of aromatic nitrogens is 2. The highest BCUT2D eigenvalue weighted by Crippen LogP contribution is 2.14. The summed E-state index contributed by atoms with van der Waals surface area (Å²) in [6.07, 6.45) is 1.78. The maximum atomic E-state index is 12.4. The zero-order valence-corrected chi connectivity index (χ0v) is 16.3. The van der Waals surface area contributed by atoms with E-state index < -0.39 is 0 Å². The van der Waals surface area contributed by atoms with Crippen LogP contribution in [-0.4, -0.2) is 22.4 Å². The number of nitrogen functional groups attached to an aromatic ring is 1. The van der Waals surface area contributed by atoms with Crippen molar-refractivity contribution in [3.63, 3.8) is 0 Å². The number of nitrogens with one attached hydrogen (secondary N) is 2. The Hall–Kier alpha value is -3.12. The van der Waals surface area contributed by atoms with Crippen molar-refractivity contribution in [1.29, 1.82) is 0 Å². The number of carbonyl (C=O) groups excluding carboxylic acids is 1. The highest BCUT2D eigenvalue weighted by molar-refractivity contribution is 6.29. The van der Waals surface area contributed by atoms with E-state index in [4.69, 9.17) is 17.3 Å². The lowest BCUT2D eigenvalue weighted by atomic mass is 10.1. The van der Waals surface area contributed by atoms with Crippen LogP contribution in [0.25, 0.3) is 0 Å². The molecule has 0 aliphatic carbocycles. The van der Waals surface area contributed by atoms with Crippen LogP contribution in [-0.2, 0) is 6.42 Å². The number of carbonyl (C=O) groups is 1. The summed E-state index contributed by atoms with van der Waals surface area (Å²) in [6.45, 7) is 2.72. The second-order valence-corrected chi connectivity index (χ2v) is 6.87. The zero-order chi connectivity index (χ0) is 19.9. The minimum atomic E-state index is -0.114. The molecule has 3 aromatic rings. The summed E-state index contributed by atoms with van der Waals surface area (Å²) >= 11 is 5.85. The van der Waals surface area contributed by atoms with Crippen LogP contribution in [0.1, 0.15) is 27.9 Å². The van der Waals surface area contributed by atoms with Crippen molar-refractivity contribution in [3.05, 3.63) is 76.4 Å². The normalized spacial score (nSPS) is 10.5. The highest BCUT2D eigenvalue weighted by Gasteiger charge is 2.06. The molecule has 1 amide bonds. The van der Waals surface area contributed by atoms with Gasteiger partial charge >= 0.3 is 0 Å². The van der Waals surface area contributed by atoms with Gasteiger partial charge in [-0.1, -0.05) is 35.9 Å². The van der Waals surface area contributed by atoms with E-state index in [0.29, 0.717) is 16.5 Å². The number of nitrogens with zero attached hydrogens (tertiary/aromatic N) is 2. The first-order valence-electron chi connectivity index (χ1n) is 9.00. The molecule has 6 nitrogen and oxygen atoms in total. The number of amides is 1. The van der Waals surface area contributed by atoms with Gasteiger partial charge in [-0.15, -0.1) is 0 Å². The van der Waals surface area contributed by atoms with Crippen LogP contribution < -0.4 is 16.4 Å². The third kappa shape index (κ3) is 5.69. The van der Waals surface area contributed by atoms with E-state index in [1.807, 2.05) is 55.5 Å². The van der Waals surface area contributed by atoms with Crippen molar-refractivity contribution in [3.8, 4) is 0 Å². The first kappa shape index (κ1) is 19.6. The molecule has 3 rings (SSSR count). The van der Waals surface area contributed by atoms with Gasteiger partial charge in [0.15, 0.2) is 0 Å². The predicted octanol–water partition coefficient (Wildman–Crippen LogP) is 4.32. The maximum Gasteiger partial charge on any atom is 0.255 e. The van der Waals surface area contributed by atoms with Crippen LogP contribution in [0.3, 0.4) is 0 Å². The molecule has 0 spiro atoms. The van der Waals surface area contributed by atoms with Crippen LogP contribution >= 0.6 is 11.6 Å². The summed E-state index contributed by atoms with van der Waals surface area (Å²) in [5.74, 6) is 0.646. The number of hydrogen-bond donors (Lipinski definition) is 3. The first-order valence-corrected chi connectivity index (χ1v) is 9.38. The van der Waals surface area contributed by atoms with Gasteiger partial charge in [-0.2, -0.15) is 4.98 Å². The molecule has 144 valence electrons. The summed E-state index contributed by atoms with van der Waals surface area (Å²) in [5, 5.41) is 6.41. The molecule has 7 heteroatoms. The standard InChI is InChI=1S/C21H22ClN5O/c1-14-4-2-6-17(12-14)25-20(28)16-9-7-15(8-10-16)5-3-11-24-19-13-18(22)26-21(23)27-19/h2,4,6-10,12-13H,3,5,11H2,1H3,(H,25,28)(H3,23,24,26,27).